The van der Waals surface area contributed by atoms with Crippen LogP contribution in [0.1, 0.15) is 31.0 Å². The van der Waals surface area contributed by atoms with E-state index in [1.54, 1.807) is 0 Å². The summed E-state index contributed by atoms with van der Waals surface area (Å²) in [4.78, 5) is 7.09. The molecule has 0 radical (unpaired) electrons. The van der Waals surface area contributed by atoms with Crippen LogP contribution in [0.15, 0.2) is 24.5 Å². The highest BCUT2D eigenvalue weighted by Crippen LogP contribution is 2.29. The standard InChI is InChI=1S/C13H16ClN3/c1-16-7-3-2-4-12(16)11-9-17-8-10(14)5-6-13(17)15-11/h5-6,8-9,12H,2-4,7H2,1H3. The molecule has 0 spiro atoms. The highest BCUT2D eigenvalue weighted by molar-refractivity contribution is 6.30. The number of nitrogens with zero attached hydrogens (tertiary/aromatic N) is 3. The molecule has 17 heavy (non-hydrogen) atoms. The zero-order valence-electron chi connectivity index (χ0n) is 9.93. The number of rotatable bonds is 1. The van der Waals surface area contributed by atoms with E-state index >= 15 is 0 Å². The molecule has 1 saturated heterocycles. The maximum absolute atomic E-state index is 5.98. The second-order valence-electron chi connectivity index (χ2n) is 4.77. The molecule has 2 aromatic rings. The van der Waals surface area contributed by atoms with Gasteiger partial charge in [-0.25, -0.2) is 4.98 Å². The largest absolute Gasteiger partial charge is 0.305 e. The number of imidazole rings is 1. The smallest absolute Gasteiger partial charge is 0.137 e. The lowest BCUT2D eigenvalue weighted by molar-refractivity contribution is 0.184. The molecule has 0 aliphatic carbocycles. The Kier molecular flexibility index (Phi) is 2.81. The number of fused-ring (bicyclic) bond motifs is 1. The SMILES string of the molecule is CN1CCCCC1c1cn2cc(Cl)ccc2n1. The number of hydrogen-bond donors (Lipinski definition) is 0. The lowest BCUT2D eigenvalue weighted by Gasteiger charge is -2.31. The molecular formula is C13H16ClN3. The van der Waals surface area contributed by atoms with Crippen LogP contribution in [0.3, 0.4) is 0 Å². The van der Waals surface area contributed by atoms with E-state index in [9.17, 15) is 0 Å². The highest BCUT2D eigenvalue weighted by atomic mass is 35.5. The van der Waals surface area contributed by atoms with Gasteiger partial charge in [-0.05, 0) is 38.6 Å². The van der Waals surface area contributed by atoms with Gasteiger partial charge in [0.2, 0.25) is 0 Å². The molecule has 2 aromatic heterocycles. The van der Waals surface area contributed by atoms with Gasteiger partial charge in [0.05, 0.1) is 16.8 Å². The first kappa shape index (κ1) is 11.1. The van der Waals surface area contributed by atoms with E-state index in [1.165, 1.54) is 25.8 Å². The normalized spacial score (nSPS) is 22.1. The predicted octanol–water partition coefficient (Wildman–Crippen LogP) is 3.14. The second-order valence-corrected chi connectivity index (χ2v) is 5.21. The molecule has 4 heteroatoms. The summed E-state index contributed by atoms with van der Waals surface area (Å²) in [6.07, 6.45) is 7.81. The minimum absolute atomic E-state index is 0.461. The Hall–Kier alpha value is -1.06. The topological polar surface area (TPSA) is 20.5 Å². The fourth-order valence-corrected chi connectivity index (χ4v) is 2.76. The van der Waals surface area contributed by atoms with Gasteiger partial charge in [0.1, 0.15) is 5.65 Å². The van der Waals surface area contributed by atoms with Crippen LogP contribution >= 0.6 is 11.6 Å². The molecule has 0 amide bonds. The summed E-state index contributed by atoms with van der Waals surface area (Å²) in [6.45, 7) is 1.17. The van der Waals surface area contributed by atoms with Crippen molar-refractivity contribution < 1.29 is 0 Å². The first-order valence-electron chi connectivity index (χ1n) is 6.08. The summed E-state index contributed by atoms with van der Waals surface area (Å²) in [7, 11) is 2.18. The summed E-state index contributed by atoms with van der Waals surface area (Å²) >= 11 is 5.98. The zero-order valence-corrected chi connectivity index (χ0v) is 10.7. The average Bonchev–Trinajstić information content (AvgIpc) is 2.72. The van der Waals surface area contributed by atoms with Crippen molar-refractivity contribution in [3.05, 3.63) is 35.2 Å². The van der Waals surface area contributed by atoms with Crippen molar-refractivity contribution in [1.82, 2.24) is 14.3 Å². The van der Waals surface area contributed by atoms with E-state index < -0.39 is 0 Å². The summed E-state index contributed by atoms with van der Waals surface area (Å²) in [6, 6.07) is 4.31. The van der Waals surface area contributed by atoms with Gasteiger partial charge in [-0.1, -0.05) is 18.0 Å². The number of aromatic nitrogens is 2. The van der Waals surface area contributed by atoms with Crippen LogP contribution in [0.25, 0.3) is 5.65 Å². The minimum atomic E-state index is 0.461. The second kappa shape index (κ2) is 4.31. The molecule has 0 N–H and O–H groups in total. The van der Waals surface area contributed by atoms with Crippen molar-refractivity contribution in [2.45, 2.75) is 25.3 Å². The van der Waals surface area contributed by atoms with Crippen molar-refractivity contribution in [3.63, 3.8) is 0 Å². The van der Waals surface area contributed by atoms with Gasteiger partial charge in [0.25, 0.3) is 0 Å². The average molecular weight is 250 g/mol. The summed E-state index contributed by atoms with van der Waals surface area (Å²) in [5.74, 6) is 0. The summed E-state index contributed by atoms with van der Waals surface area (Å²) in [5, 5.41) is 0.749. The van der Waals surface area contributed by atoms with Gasteiger partial charge < -0.3 is 4.40 Å². The molecule has 1 unspecified atom stereocenters. The Balaban J connectivity index is 1.99. The predicted molar refractivity (Wildman–Crippen MR) is 69.4 cm³/mol. The Morgan fingerprint density at radius 1 is 1.29 bits per heavy atom. The molecular weight excluding hydrogens is 234 g/mol. The van der Waals surface area contributed by atoms with Crippen LogP contribution in [0, 0.1) is 0 Å². The van der Waals surface area contributed by atoms with Crippen molar-refractivity contribution in [2.24, 2.45) is 0 Å². The first-order valence-corrected chi connectivity index (χ1v) is 6.46. The fraction of sp³-hybridized carbons (Fsp3) is 0.462. The maximum Gasteiger partial charge on any atom is 0.137 e. The van der Waals surface area contributed by atoms with Crippen molar-refractivity contribution in [1.29, 1.82) is 0 Å². The van der Waals surface area contributed by atoms with Gasteiger partial charge >= 0.3 is 0 Å². The number of pyridine rings is 1. The van der Waals surface area contributed by atoms with Crippen molar-refractivity contribution >= 4 is 17.2 Å². The van der Waals surface area contributed by atoms with Crippen LogP contribution in [-0.2, 0) is 0 Å². The Bertz CT molecular complexity index is 534. The number of piperidine rings is 1. The van der Waals surface area contributed by atoms with Gasteiger partial charge in [0, 0.05) is 12.4 Å². The lowest BCUT2D eigenvalue weighted by atomic mass is 10.0. The molecule has 0 bridgehead atoms. The third kappa shape index (κ3) is 2.05. The molecule has 1 atom stereocenters. The Labute approximate surface area is 106 Å². The van der Waals surface area contributed by atoms with E-state index in [4.69, 9.17) is 16.6 Å². The molecule has 1 fully saturated rings. The van der Waals surface area contributed by atoms with E-state index in [2.05, 4.69) is 18.1 Å². The molecule has 3 nitrogen and oxygen atoms in total. The summed E-state index contributed by atoms with van der Waals surface area (Å²) < 4.78 is 2.01. The Morgan fingerprint density at radius 3 is 3.00 bits per heavy atom. The van der Waals surface area contributed by atoms with Crippen LogP contribution in [0.2, 0.25) is 5.02 Å². The third-order valence-corrected chi connectivity index (χ3v) is 3.77. The number of hydrogen-bond acceptors (Lipinski definition) is 2. The van der Waals surface area contributed by atoms with Crippen molar-refractivity contribution in [2.75, 3.05) is 13.6 Å². The number of likely N-dealkylation sites (tertiary alicyclic amines) is 1. The van der Waals surface area contributed by atoms with Gasteiger partial charge in [-0.3, -0.25) is 4.90 Å². The maximum atomic E-state index is 5.98. The Morgan fingerprint density at radius 2 is 2.18 bits per heavy atom. The van der Waals surface area contributed by atoms with E-state index in [0.29, 0.717) is 6.04 Å². The molecule has 1 aliphatic heterocycles. The van der Waals surface area contributed by atoms with E-state index in [1.807, 2.05) is 22.7 Å². The quantitative estimate of drug-likeness (QED) is 0.774. The molecule has 1 aliphatic rings. The first-order chi connectivity index (χ1) is 8.24. The molecule has 3 rings (SSSR count). The van der Waals surface area contributed by atoms with E-state index in [-0.39, 0.29) is 0 Å². The van der Waals surface area contributed by atoms with Gasteiger partial charge in [-0.2, -0.15) is 0 Å². The van der Waals surface area contributed by atoms with Crippen LogP contribution in [0.5, 0.6) is 0 Å². The van der Waals surface area contributed by atoms with E-state index in [0.717, 1.165) is 16.4 Å². The van der Waals surface area contributed by atoms with Crippen LogP contribution < -0.4 is 0 Å². The molecule has 3 heterocycles. The molecule has 0 saturated carbocycles. The fourth-order valence-electron chi connectivity index (χ4n) is 2.59. The lowest BCUT2D eigenvalue weighted by Crippen LogP contribution is -2.29. The van der Waals surface area contributed by atoms with Crippen molar-refractivity contribution in [3.8, 4) is 0 Å². The van der Waals surface area contributed by atoms with Crippen LogP contribution in [0.4, 0.5) is 0 Å². The molecule has 90 valence electrons. The molecule has 0 aromatic carbocycles. The van der Waals surface area contributed by atoms with Gasteiger partial charge in [-0.15, -0.1) is 0 Å². The highest BCUT2D eigenvalue weighted by Gasteiger charge is 2.22. The minimum Gasteiger partial charge on any atom is -0.305 e. The third-order valence-electron chi connectivity index (χ3n) is 3.55. The number of halogens is 1. The van der Waals surface area contributed by atoms with Gasteiger partial charge in [0.15, 0.2) is 0 Å². The monoisotopic (exact) mass is 249 g/mol. The zero-order chi connectivity index (χ0) is 11.8. The van der Waals surface area contributed by atoms with Crippen LogP contribution in [-0.4, -0.2) is 27.9 Å². The summed E-state index contributed by atoms with van der Waals surface area (Å²) in [5.41, 5.74) is 2.14.